The van der Waals surface area contributed by atoms with Gasteiger partial charge >= 0.3 is 0 Å². The summed E-state index contributed by atoms with van der Waals surface area (Å²) < 4.78 is 3.89. The van der Waals surface area contributed by atoms with E-state index < -0.39 is 0 Å². The molecule has 2 aliphatic rings. The van der Waals surface area contributed by atoms with Crippen LogP contribution < -0.4 is 0 Å². The van der Waals surface area contributed by atoms with Gasteiger partial charge in [0, 0.05) is 45.7 Å². The van der Waals surface area contributed by atoms with Crippen LogP contribution in [0.5, 0.6) is 0 Å². The number of carbonyl (C=O) groups is 1. The number of piperidine rings is 1. The topological polar surface area (TPSA) is 68.8 Å². The van der Waals surface area contributed by atoms with Crippen molar-refractivity contribution in [3.8, 4) is 11.5 Å². The normalized spacial score (nSPS) is 26.0. The van der Waals surface area contributed by atoms with Crippen LogP contribution in [0.25, 0.3) is 11.5 Å². The minimum Gasteiger partial charge on any atom is -0.342 e. The smallest absolute Gasteiger partial charge is 0.219 e. The lowest BCUT2D eigenvalue weighted by Gasteiger charge is -2.34. The molecule has 1 aliphatic heterocycles. The molecular weight excluding hydrogens is 328 g/mol. The predicted molar refractivity (Wildman–Crippen MR) is 98.3 cm³/mol. The zero-order valence-electron chi connectivity index (χ0n) is 15.9. The molecular formula is C19H28N6O. The first-order valence-electron chi connectivity index (χ1n) is 9.70. The first kappa shape index (κ1) is 17.2. The van der Waals surface area contributed by atoms with Gasteiger partial charge in [0.1, 0.15) is 11.5 Å². The van der Waals surface area contributed by atoms with Gasteiger partial charge in [-0.05, 0) is 43.6 Å². The molecule has 1 aliphatic carbocycles. The minimum atomic E-state index is 0.151. The van der Waals surface area contributed by atoms with Gasteiger partial charge in [-0.15, -0.1) is 5.10 Å². The summed E-state index contributed by atoms with van der Waals surface area (Å²) in [6.45, 7) is 6.49. The average molecular weight is 356 g/mol. The Kier molecular flexibility index (Phi) is 4.54. The number of hydrogen-bond donors (Lipinski definition) is 0. The number of aromatic nitrogens is 5. The number of nitrogens with zero attached hydrogens (tertiary/aromatic N) is 6. The third-order valence-electron chi connectivity index (χ3n) is 5.78. The maximum atomic E-state index is 11.8. The zero-order chi connectivity index (χ0) is 18.3. The molecule has 26 heavy (non-hydrogen) atoms. The molecule has 0 aromatic carbocycles. The van der Waals surface area contributed by atoms with E-state index in [1.807, 2.05) is 24.2 Å². The maximum absolute atomic E-state index is 11.8. The van der Waals surface area contributed by atoms with Crippen LogP contribution in [0.15, 0.2) is 12.3 Å². The lowest BCUT2D eigenvalue weighted by molar-refractivity contribution is -0.130. The highest BCUT2D eigenvalue weighted by atomic mass is 16.2. The van der Waals surface area contributed by atoms with Gasteiger partial charge in [0.05, 0.1) is 0 Å². The molecule has 0 radical (unpaired) electrons. The second-order valence-electron chi connectivity index (χ2n) is 8.10. The van der Waals surface area contributed by atoms with Crippen molar-refractivity contribution in [2.45, 2.75) is 52.0 Å². The number of carbonyl (C=O) groups excluding carboxylic acids is 1. The SMILES string of the molecule is CC(=O)N1CCCC(c2nc(-c3ccn(C)n3)nn2CC2CC(C)C2)C1. The molecule has 1 unspecified atom stereocenters. The second kappa shape index (κ2) is 6.85. The summed E-state index contributed by atoms with van der Waals surface area (Å²) in [7, 11) is 1.91. The van der Waals surface area contributed by atoms with Crippen LogP contribution in [0, 0.1) is 11.8 Å². The summed E-state index contributed by atoms with van der Waals surface area (Å²) in [6, 6.07) is 1.96. The fourth-order valence-electron chi connectivity index (χ4n) is 4.37. The van der Waals surface area contributed by atoms with Crippen molar-refractivity contribution in [1.29, 1.82) is 0 Å². The Labute approximate surface area is 154 Å². The molecule has 1 amide bonds. The van der Waals surface area contributed by atoms with E-state index in [0.29, 0.717) is 11.7 Å². The number of likely N-dealkylation sites (tertiary alicyclic amines) is 1. The third-order valence-corrected chi connectivity index (χ3v) is 5.78. The summed E-state index contributed by atoms with van der Waals surface area (Å²) in [4.78, 5) is 18.7. The van der Waals surface area contributed by atoms with Gasteiger partial charge in [-0.2, -0.15) is 5.10 Å². The Morgan fingerprint density at radius 2 is 2.12 bits per heavy atom. The fourth-order valence-corrected chi connectivity index (χ4v) is 4.37. The molecule has 0 N–H and O–H groups in total. The fraction of sp³-hybridized carbons (Fsp3) is 0.684. The Bertz CT molecular complexity index is 788. The quantitative estimate of drug-likeness (QED) is 0.844. The molecule has 140 valence electrons. The van der Waals surface area contributed by atoms with E-state index in [1.165, 1.54) is 12.8 Å². The molecule has 1 saturated heterocycles. The van der Waals surface area contributed by atoms with Crippen molar-refractivity contribution >= 4 is 5.91 Å². The van der Waals surface area contributed by atoms with Crippen molar-refractivity contribution in [1.82, 2.24) is 29.4 Å². The molecule has 0 spiro atoms. The molecule has 7 heteroatoms. The van der Waals surface area contributed by atoms with Gasteiger partial charge in [0.25, 0.3) is 0 Å². The Morgan fingerprint density at radius 1 is 1.31 bits per heavy atom. The van der Waals surface area contributed by atoms with E-state index in [9.17, 15) is 4.79 Å². The van der Waals surface area contributed by atoms with Crippen LogP contribution >= 0.6 is 0 Å². The van der Waals surface area contributed by atoms with E-state index in [1.54, 1.807) is 11.6 Å². The maximum Gasteiger partial charge on any atom is 0.219 e. The van der Waals surface area contributed by atoms with E-state index in [0.717, 1.165) is 49.9 Å². The molecule has 7 nitrogen and oxygen atoms in total. The first-order valence-corrected chi connectivity index (χ1v) is 9.70. The molecule has 0 bridgehead atoms. The summed E-state index contributed by atoms with van der Waals surface area (Å²) in [6.07, 6.45) is 6.54. The van der Waals surface area contributed by atoms with Crippen LogP contribution in [0.1, 0.15) is 51.3 Å². The molecule has 2 fully saturated rings. The molecule has 1 saturated carbocycles. The minimum absolute atomic E-state index is 0.151. The van der Waals surface area contributed by atoms with Gasteiger partial charge in [-0.25, -0.2) is 9.67 Å². The van der Waals surface area contributed by atoms with Crippen molar-refractivity contribution in [2.24, 2.45) is 18.9 Å². The summed E-state index contributed by atoms with van der Waals surface area (Å²) >= 11 is 0. The van der Waals surface area contributed by atoms with Crippen LogP contribution in [0.2, 0.25) is 0 Å². The van der Waals surface area contributed by atoms with E-state index in [2.05, 4.69) is 16.7 Å². The van der Waals surface area contributed by atoms with Crippen LogP contribution in [-0.4, -0.2) is 48.4 Å². The molecule has 1 atom stereocenters. The van der Waals surface area contributed by atoms with E-state index in [4.69, 9.17) is 10.1 Å². The Balaban J connectivity index is 1.62. The van der Waals surface area contributed by atoms with Crippen molar-refractivity contribution in [3.05, 3.63) is 18.1 Å². The highest BCUT2D eigenvalue weighted by Gasteiger charge is 2.31. The van der Waals surface area contributed by atoms with E-state index >= 15 is 0 Å². The summed E-state index contributed by atoms with van der Waals surface area (Å²) in [5, 5.41) is 9.27. The van der Waals surface area contributed by atoms with Gasteiger partial charge < -0.3 is 4.90 Å². The number of aryl methyl sites for hydroxylation is 1. The summed E-state index contributed by atoms with van der Waals surface area (Å²) in [5.41, 5.74) is 0.814. The lowest BCUT2D eigenvalue weighted by atomic mass is 9.76. The number of hydrogen-bond acceptors (Lipinski definition) is 4. The number of amides is 1. The molecule has 2 aromatic rings. The monoisotopic (exact) mass is 356 g/mol. The average Bonchev–Trinajstić information content (AvgIpc) is 3.20. The van der Waals surface area contributed by atoms with Gasteiger partial charge in [0.2, 0.25) is 11.7 Å². The predicted octanol–water partition coefficient (Wildman–Crippen LogP) is 2.45. The standard InChI is InChI=1S/C19H28N6O/c1-13-9-15(10-13)11-25-19(16-5-4-7-24(12-16)14(2)26)20-18(22-25)17-6-8-23(3)21-17/h6,8,13,15-16H,4-5,7,9-12H2,1-3H3. The Morgan fingerprint density at radius 3 is 2.77 bits per heavy atom. The molecule has 2 aromatic heterocycles. The third kappa shape index (κ3) is 3.39. The van der Waals surface area contributed by atoms with Crippen LogP contribution in [0.4, 0.5) is 0 Å². The molecule has 4 rings (SSSR count). The lowest BCUT2D eigenvalue weighted by Crippen LogP contribution is -2.38. The van der Waals surface area contributed by atoms with Crippen LogP contribution in [0.3, 0.4) is 0 Å². The van der Waals surface area contributed by atoms with E-state index in [-0.39, 0.29) is 11.8 Å². The van der Waals surface area contributed by atoms with Gasteiger partial charge in [-0.1, -0.05) is 6.92 Å². The highest BCUT2D eigenvalue weighted by molar-refractivity contribution is 5.73. The largest absolute Gasteiger partial charge is 0.342 e. The highest BCUT2D eigenvalue weighted by Crippen LogP contribution is 2.35. The van der Waals surface area contributed by atoms with Crippen LogP contribution in [-0.2, 0) is 18.4 Å². The van der Waals surface area contributed by atoms with Crippen molar-refractivity contribution < 1.29 is 4.79 Å². The van der Waals surface area contributed by atoms with Crippen molar-refractivity contribution in [3.63, 3.8) is 0 Å². The van der Waals surface area contributed by atoms with Gasteiger partial charge in [0.15, 0.2) is 0 Å². The van der Waals surface area contributed by atoms with Crippen molar-refractivity contribution in [2.75, 3.05) is 13.1 Å². The summed E-state index contributed by atoms with van der Waals surface area (Å²) in [5.74, 6) is 3.65. The zero-order valence-corrected chi connectivity index (χ0v) is 15.9. The number of rotatable bonds is 4. The first-order chi connectivity index (χ1) is 12.5. The molecule has 3 heterocycles. The van der Waals surface area contributed by atoms with Gasteiger partial charge in [-0.3, -0.25) is 9.48 Å². The second-order valence-corrected chi connectivity index (χ2v) is 8.10. The Hall–Kier alpha value is -2.18.